The number of Topliss-reactive ketones (excluding diaryl/α,β-unsaturated/α-hetero) is 1. The third kappa shape index (κ3) is 8.01. The molecule has 0 radical (unpaired) electrons. The standard InChI is InChI=1S/C20H23NO2S.C7H14O/c1-4-5-6-7-8-15-10-16-11-17(19-21-14(3)12-24-19)20(22)23-18(16)9-13(15)2;1-3-4-5-6-7(2)8/h9-12H,4-8H2,1-3H3;3-6H2,1-2H3. The van der Waals surface area contributed by atoms with Gasteiger partial charge in [-0.15, -0.1) is 11.3 Å². The summed E-state index contributed by atoms with van der Waals surface area (Å²) >= 11 is 1.48. The molecule has 0 spiro atoms. The van der Waals surface area contributed by atoms with Gasteiger partial charge in [-0.1, -0.05) is 46.0 Å². The van der Waals surface area contributed by atoms with Crippen LogP contribution >= 0.6 is 11.3 Å². The van der Waals surface area contributed by atoms with Gasteiger partial charge in [-0.05, 0) is 69.4 Å². The minimum atomic E-state index is -0.313. The van der Waals surface area contributed by atoms with Crippen LogP contribution in [0, 0.1) is 13.8 Å². The topological polar surface area (TPSA) is 60.2 Å². The number of thiazole rings is 1. The fraction of sp³-hybridized carbons (Fsp3) is 0.519. The van der Waals surface area contributed by atoms with Gasteiger partial charge in [0.1, 0.15) is 16.4 Å². The Labute approximate surface area is 196 Å². The van der Waals surface area contributed by atoms with Crippen molar-refractivity contribution < 1.29 is 9.21 Å². The van der Waals surface area contributed by atoms with E-state index in [4.69, 9.17) is 4.42 Å². The van der Waals surface area contributed by atoms with Crippen LogP contribution in [0.4, 0.5) is 0 Å². The minimum Gasteiger partial charge on any atom is -0.422 e. The van der Waals surface area contributed by atoms with Crippen LogP contribution in [0.3, 0.4) is 0 Å². The molecule has 2 heterocycles. The van der Waals surface area contributed by atoms with Gasteiger partial charge in [0, 0.05) is 22.9 Å². The Kier molecular flexibility index (Phi) is 10.8. The van der Waals surface area contributed by atoms with Crippen molar-refractivity contribution in [3.8, 4) is 10.6 Å². The van der Waals surface area contributed by atoms with E-state index in [0.29, 0.717) is 16.9 Å². The maximum atomic E-state index is 12.3. The molecule has 5 heteroatoms. The number of rotatable bonds is 10. The van der Waals surface area contributed by atoms with Gasteiger partial charge < -0.3 is 9.21 Å². The highest BCUT2D eigenvalue weighted by Gasteiger charge is 2.12. The summed E-state index contributed by atoms with van der Waals surface area (Å²) in [6.07, 6.45) is 10.3. The molecule has 174 valence electrons. The third-order valence-corrected chi connectivity index (χ3v) is 6.47. The third-order valence-electron chi connectivity index (χ3n) is 5.47. The molecule has 0 aliphatic heterocycles. The van der Waals surface area contributed by atoms with E-state index in [1.165, 1.54) is 61.0 Å². The van der Waals surface area contributed by atoms with Crippen LogP contribution in [0.2, 0.25) is 0 Å². The first-order valence-corrected chi connectivity index (χ1v) is 12.7. The quantitative estimate of drug-likeness (QED) is 0.231. The number of ketones is 1. The van der Waals surface area contributed by atoms with Crippen molar-refractivity contribution in [1.29, 1.82) is 0 Å². The van der Waals surface area contributed by atoms with Crippen molar-refractivity contribution in [3.63, 3.8) is 0 Å². The van der Waals surface area contributed by atoms with E-state index < -0.39 is 0 Å². The van der Waals surface area contributed by atoms with E-state index in [0.717, 1.165) is 35.4 Å². The average Bonchev–Trinajstić information content (AvgIpc) is 3.18. The SMILES string of the molecule is CCCCCC(C)=O.CCCCCCc1cc2cc(-c3nc(C)cs3)c(=O)oc2cc1C. The van der Waals surface area contributed by atoms with Gasteiger partial charge in [-0.2, -0.15) is 0 Å². The largest absolute Gasteiger partial charge is 0.422 e. The molecule has 0 unspecified atom stereocenters. The number of aromatic nitrogens is 1. The molecule has 1 aromatic carbocycles. The first-order chi connectivity index (χ1) is 15.3. The molecule has 0 amide bonds. The van der Waals surface area contributed by atoms with Crippen molar-refractivity contribution >= 4 is 28.1 Å². The van der Waals surface area contributed by atoms with E-state index in [2.05, 4.69) is 31.8 Å². The number of carbonyl (C=O) groups is 1. The number of nitrogens with zero attached hydrogens (tertiary/aromatic N) is 1. The Morgan fingerprint density at radius 1 is 1.00 bits per heavy atom. The number of hydrogen-bond donors (Lipinski definition) is 0. The second kappa shape index (κ2) is 13.3. The highest BCUT2D eigenvalue weighted by Crippen LogP contribution is 2.26. The molecule has 0 atom stereocenters. The van der Waals surface area contributed by atoms with Crippen LogP contribution in [0.5, 0.6) is 0 Å². The Morgan fingerprint density at radius 3 is 2.34 bits per heavy atom. The minimum absolute atomic E-state index is 0.313. The summed E-state index contributed by atoms with van der Waals surface area (Å²) in [7, 11) is 0. The molecule has 0 aliphatic rings. The zero-order chi connectivity index (χ0) is 23.5. The van der Waals surface area contributed by atoms with Gasteiger partial charge in [0.25, 0.3) is 0 Å². The Bertz CT molecular complexity index is 1060. The molecule has 3 aromatic rings. The second-order valence-corrected chi connectivity index (χ2v) is 9.39. The lowest BCUT2D eigenvalue weighted by Gasteiger charge is -2.08. The van der Waals surface area contributed by atoms with Gasteiger partial charge in [0.15, 0.2) is 0 Å². The van der Waals surface area contributed by atoms with Crippen LogP contribution in [0.25, 0.3) is 21.5 Å². The first kappa shape index (κ1) is 26.0. The molecule has 3 rings (SSSR count). The van der Waals surface area contributed by atoms with Crippen LogP contribution in [0.1, 0.15) is 89.0 Å². The highest BCUT2D eigenvalue weighted by atomic mass is 32.1. The summed E-state index contributed by atoms with van der Waals surface area (Å²) in [5.41, 5.74) is 4.36. The molecule has 0 fully saturated rings. The molecular weight excluding hydrogens is 418 g/mol. The van der Waals surface area contributed by atoms with Crippen molar-refractivity contribution in [2.45, 2.75) is 92.4 Å². The summed E-state index contributed by atoms with van der Waals surface area (Å²) < 4.78 is 5.55. The van der Waals surface area contributed by atoms with Gasteiger partial charge in [-0.3, -0.25) is 0 Å². The molecule has 32 heavy (non-hydrogen) atoms. The Hall–Kier alpha value is -2.27. The normalized spacial score (nSPS) is 10.8. The van der Waals surface area contributed by atoms with Gasteiger partial charge in [0.05, 0.1) is 5.56 Å². The van der Waals surface area contributed by atoms with Crippen LogP contribution < -0.4 is 5.63 Å². The number of benzene rings is 1. The van der Waals surface area contributed by atoms with Crippen LogP contribution in [0.15, 0.2) is 32.8 Å². The van der Waals surface area contributed by atoms with E-state index in [-0.39, 0.29) is 5.63 Å². The first-order valence-electron chi connectivity index (χ1n) is 11.8. The summed E-state index contributed by atoms with van der Waals surface area (Å²) in [4.78, 5) is 27.0. The van der Waals surface area contributed by atoms with E-state index >= 15 is 0 Å². The lowest BCUT2D eigenvalue weighted by Crippen LogP contribution is -2.03. The van der Waals surface area contributed by atoms with Crippen molar-refractivity contribution in [3.05, 3.63) is 50.8 Å². The average molecular weight is 456 g/mol. The fourth-order valence-corrected chi connectivity index (χ4v) is 4.38. The van der Waals surface area contributed by atoms with Crippen molar-refractivity contribution in [2.75, 3.05) is 0 Å². The lowest BCUT2D eigenvalue weighted by atomic mass is 9.99. The summed E-state index contributed by atoms with van der Waals surface area (Å²) in [5, 5.41) is 3.66. The Balaban J connectivity index is 0.000000390. The molecule has 0 aliphatic carbocycles. The summed E-state index contributed by atoms with van der Waals surface area (Å²) in [6.45, 7) is 10.0. The zero-order valence-corrected chi connectivity index (χ0v) is 21.1. The van der Waals surface area contributed by atoms with Crippen molar-refractivity contribution in [2.24, 2.45) is 0 Å². The summed E-state index contributed by atoms with van der Waals surface area (Å²) in [5.74, 6) is 0.318. The monoisotopic (exact) mass is 455 g/mol. The molecule has 4 nitrogen and oxygen atoms in total. The van der Waals surface area contributed by atoms with E-state index in [1.807, 2.05) is 24.4 Å². The maximum absolute atomic E-state index is 12.3. The predicted octanol–water partition coefficient (Wildman–Crippen LogP) is 7.81. The molecule has 0 saturated carbocycles. The summed E-state index contributed by atoms with van der Waals surface area (Å²) in [6, 6.07) is 6.08. The molecular formula is C27H37NO3S. The number of carbonyl (C=O) groups excluding carboxylic acids is 1. The maximum Gasteiger partial charge on any atom is 0.346 e. The number of fused-ring (bicyclic) bond motifs is 1. The smallest absolute Gasteiger partial charge is 0.346 e. The molecule has 0 N–H and O–H groups in total. The number of hydrogen-bond acceptors (Lipinski definition) is 5. The van der Waals surface area contributed by atoms with Crippen LogP contribution in [-0.4, -0.2) is 10.8 Å². The second-order valence-electron chi connectivity index (χ2n) is 8.53. The number of unbranched alkanes of at least 4 members (excludes halogenated alkanes) is 5. The van der Waals surface area contributed by atoms with Crippen LogP contribution in [-0.2, 0) is 11.2 Å². The van der Waals surface area contributed by atoms with Gasteiger partial charge >= 0.3 is 5.63 Å². The van der Waals surface area contributed by atoms with Gasteiger partial charge in [0.2, 0.25) is 0 Å². The molecule has 0 saturated heterocycles. The van der Waals surface area contributed by atoms with Crippen molar-refractivity contribution in [1.82, 2.24) is 4.98 Å². The lowest BCUT2D eigenvalue weighted by molar-refractivity contribution is -0.117. The van der Waals surface area contributed by atoms with E-state index in [9.17, 15) is 9.59 Å². The predicted molar refractivity (Wildman–Crippen MR) is 136 cm³/mol. The number of aryl methyl sites for hydroxylation is 3. The highest BCUT2D eigenvalue weighted by molar-refractivity contribution is 7.13. The fourth-order valence-electron chi connectivity index (χ4n) is 3.58. The Morgan fingerprint density at radius 2 is 1.72 bits per heavy atom. The molecule has 2 aromatic heterocycles. The zero-order valence-electron chi connectivity index (χ0n) is 20.3. The van der Waals surface area contributed by atoms with E-state index in [1.54, 1.807) is 6.92 Å². The van der Waals surface area contributed by atoms with Gasteiger partial charge in [-0.25, -0.2) is 9.78 Å². The molecule has 0 bridgehead atoms.